The van der Waals surface area contributed by atoms with E-state index < -0.39 is 6.04 Å². The molecule has 22 heavy (non-hydrogen) atoms. The molecule has 0 saturated carbocycles. The zero-order valence-corrected chi connectivity index (χ0v) is 15.4. The van der Waals surface area contributed by atoms with Crippen LogP contribution in [0, 0.1) is 0 Å². The van der Waals surface area contributed by atoms with Crippen LogP contribution in [0.1, 0.15) is 30.2 Å². The van der Waals surface area contributed by atoms with Crippen LogP contribution in [0.3, 0.4) is 0 Å². The van der Waals surface area contributed by atoms with E-state index in [1.54, 1.807) is 6.20 Å². The maximum Gasteiger partial charge on any atom is 0.243 e. The highest BCUT2D eigenvalue weighted by atomic mass is 79.9. The molecule has 0 aliphatic heterocycles. The van der Waals surface area contributed by atoms with Crippen LogP contribution in [0.2, 0.25) is 0 Å². The van der Waals surface area contributed by atoms with Gasteiger partial charge in [-0.2, -0.15) is 0 Å². The van der Waals surface area contributed by atoms with Gasteiger partial charge in [0, 0.05) is 22.0 Å². The number of benzene rings is 1. The summed E-state index contributed by atoms with van der Waals surface area (Å²) in [4.78, 5) is 17.2. The Bertz CT molecular complexity index is 620. The molecule has 1 amide bonds. The minimum atomic E-state index is -0.465. The summed E-state index contributed by atoms with van der Waals surface area (Å²) in [6.45, 7) is 2.01. The summed E-state index contributed by atoms with van der Waals surface area (Å²) in [7, 11) is 0. The number of amides is 1. The highest BCUT2D eigenvalue weighted by molar-refractivity contribution is 9.10. The Morgan fingerprint density at radius 1 is 1.50 bits per heavy atom. The van der Waals surface area contributed by atoms with Gasteiger partial charge in [0.1, 0.15) is 0 Å². The topological polar surface area (TPSA) is 68.0 Å². The predicted octanol–water partition coefficient (Wildman–Crippen LogP) is 3.98. The Morgan fingerprint density at radius 2 is 2.27 bits per heavy atom. The van der Waals surface area contributed by atoms with Gasteiger partial charge in [0.05, 0.1) is 6.04 Å². The van der Waals surface area contributed by atoms with E-state index in [1.165, 1.54) is 16.9 Å². The first-order valence-corrected chi connectivity index (χ1v) is 8.45. The molecule has 0 radical (unpaired) electrons. The summed E-state index contributed by atoms with van der Waals surface area (Å²) < 4.78 is 1.06. The van der Waals surface area contributed by atoms with Gasteiger partial charge in [-0.05, 0) is 24.1 Å². The summed E-state index contributed by atoms with van der Waals surface area (Å²) in [5.74, 6) is -0.166. The molecule has 3 N–H and O–H groups in total. The van der Waals surface area contributed by atoms with Crippen molar-refractivity contribution in [3.8, 4) is 0 Å². The van der Waals surface area contributed by atoms with Gasteiger partial charge < -0.3 is 11.1 Å². The van der Waals surface area contributed by atoms with Crippen molar-refractivity contribution in [2.75, 3.05) is 5.32 Å². The highest BCUT2D eigenvalue weighted by Gasteiger charge is 2.14. The van der Waals surface area contributed by atoms with Crippen molar-refractivity contribution in [3.63, 3.8) is 0 Å². The fraction of sp³-hybridized carbons (Fsp3) is 0.333. The van der Waals surface area contributed by atoms with Crippen molar-refractivity contribution in [2.24, 2.45) is 5.73 Å². The molecule has 120 valence electrons. The van der Waals surface area contributed by atoms with Crippen LogP contribution in [0.5, 0.6) is 0 Å². The van der Waals surface area contributed by atoms with Crippen LogP contribution in [-0.2, 0) is 11.2 Å². The smallest absolute Gasteiger partial charge is 0.243 e. The zero-order valence-electron chi connectivity index (χ0n) is 12.2. The number of hydrogen-bond acceptors (Lipinski definition) is 4. The highest BCUT2D eigenvalue weighted by Crippen LogP contribution is 2.22. The molecule has 1 unspecified atom stereocenters. The lowest BCUT2D eigenvalue weighted by Gasteiger charge is -2.08. The lowest BCUT2D eigenvalue weighted by Crippen LogP contribution is -2.35. The van der Waals surface area contributed by atoms with Crippen LogP contribution in [0.4, 0.5) is 5.13 Å². The monoisotopic (exact) mass is 403 g/mol. The van der Waals surface area contributed by atoms with Crippen molar-refractivity contribution in [3.05, 3.63) is 45.4 Å². The van der Waals surface area contributed by atoms with Crippen molar-refractivity contribution in [2.45, 2.75) is 32.2 Å². The normalized spacial score (nSPS) is 11.6. The van der Waals surface area contributed by atoms with Gasteiger partial charge in [0.2, 0.25) is 5.91 Å². The second kappa shape index (κ2) is 9.25. The quantitative estimate of drug-likeness (QED) is 0.765. The molecule has 0 fully saturated rings. The molecule has 0 aliphatic rings. The minimum absolute atomic E-state index is 0. The fourth-order valence-electron chi connectivity index (χ4n) is 1.94. The first-order chi connectivity index (χ1) is 10.1. The number of aromatic nitrogens is 1. The van der Waals surface area contributed by atoms with Gasteiger partial charge in [-0.15, -0.1) is 23.7 Å². The molecule has 2 aromatic rings. The molecule has 0 spiro atoms. The molecule has 1 atom stereocenters. The van der Waals surface area contributed by atoms with Crippen molar-refractivity contribution in [1.29, 1.82) is 0 Å². The Hall–Kier alpha value is -0.950. The average Bonchev–Trinajstić information content (AvgIpc) is 2.86. The summed E-state index contributed by atoms with van der Waals surface area (Å²) >= 11 is 4.94. The molecule has 7 heteroatoms. The van der Waals surface area contributed by atoms with Gasteiger partial charge in [0.15, 0.2) is 5.13 Å². The molecule has 0 aliphatic carbocycles. The number of thiazole rings is 1. The van der Waals surface area contributed by atoms with E-state index in [0.29, 0.717) is 11.6 Å². The first-order valence-electron chi connectivity index (χ1n) is 6.84. The van der Waals surface area contributed by atoms with E-state index in [9.17, 15) is 4.79 Å². The minimum Gasteiger partial charge on any atom is -0.320 e. The molecular weight excluding hydrogens is 386 g/mol. The van der Waals surface area contributed by atoms with E-state index in [4.69, 9.17) is 5.73 Å². The largest absolute Gasteiger partial charge is 0.320 e. The molecule has 4 nitrogen and oxygen atoms in total. The van der Waals surface area contributed by atoms with Crippen molar-refractivity contribution < 1.29 is 4.79 Å². The third-order valence-electron chi connectivity index (χ3n) is 2.99. The number of halogens is 2. The predicted molar refractivity (Wildman–Crippen MR) is 97.8 cm³/mol. The lowest BCUT2D eigenvalue weighted by atomic mass is 10.1. The molecule has 2 rings (SSSR count). The molecule has 1 aromatic heterocycles. The van der Waals surface area contributed by atoms with Crippen LogP contribution >= 0.6 is 39.7 Å². The standard InChI is InChI=1S/C15H18BrN3OS.ClH/c1-2-4-13(17)14(20)19-15-18-9-12(21-15)8-10-5-3-6-11(16)7-10;/h3,5-7,9,13H,2,4,8,17H2,1H3,(H,18,19,20);1H. The molecule has 0 saturated heterocycles. The van der Waals surface area contributed by atoms with Crippen molar-refractivity contribution in [1.82, 2.24) is 4.98 Å². The molecule has 1 heterocycles. The molecule has 0 bridgehead atoms. The van der Waals surface area contributed by atoms with Gasteiger partial charge in [-0.25, -0.2) is 4.98 Å². The van der Waals surface area contributed by atoms with Crippen LogP contribution in [0.25, 0.3) is 0 Å². The van der Waals surface area contributed by atoms with Gasteiger partial charge in [0.25, 0.3) is 0 Å². The van der Waals surface area contributed by atoms with Crippen molar-refractivity contribution >= 4 is 50.7 Å². The second-order valence-electron chi connectivity index (χ2n) is 4.82. The first kappa shape index (κ1) is 19.1. The van der Waals surface area contributed by atoms with E-state index in [0.717, 1.165) is 22.2 Å². The van der Waals surface area contributed by atoms with Gasteiger partial charge in [-0.3, -0.25) is 4.79 Å². The second-order valence-corrected chi connectivity index (χ2v) is 6.85. The molecular formula is C15H19BrClN3OS. The number of carbonyl (C=O) groups is 1. The Morgan fingerprint density at radius 3 is 2.95 bits per heavy atom. The Balaban J connectivity index is 0.00000242. The van der Waals surface area contributed by atoms with E-state index in [1.807, 2.05) is 19.1 Å². The average molecular weight is 405 g/mol. The SMILES string of the molecule is CCCC(N)C(=O)Nc1ncc(Cc2cccc(Br)c2)s1.Cl. The van der Waals surface area contributed by atoms with Crippen LogP contribution in [0.15, 0.2) is 34.9 Å². The summed E-state index contributed by atoms with van der Waals surface area (Å²) in [5, 5.41) is 3.39. The van der Waals surface area contributed by atoms with E-state index in [-0.39, 0.29) is 18.3 Å². The lowest BCUT2D eigenvalue weighted by molar-refractivity contribution is -0.117. The summed E-state index contributed by atoms with van der Waals surface area (Å²) in [5.41, 5.74) is 6.98. The Kier molecular flexibility index (Phi) is 8.03. The van der Waals surface area contributed by atoms with E-state index in [2.05, 4.69) is 38.4 Å². The zero-order chi connectivity index (χ0) is 15.2. The van der Waals surface area contributed by atoms with E-state index >= 15 is 0 Å². The number of carbonyl (C=O) groups excluding carboxylic acids is 1. The number of nitrogens with zero attached hydrogens (tertiary/aromatic N) is 1. The Labute approximate surface area is 149 Å². The third kappa shape index (κ3) is 5.68. The summed E-state index contributed by atoms with van der Waals surface area (Å²) in [6, 6.07) is 7.69. The number of hydrogen-bond donors (Lipinski definition) is 2. The maximum absolute atomic E-state index is 11.8. The number of rotatable bonds is 6. The van der Waals surface area contributed by atoms with Gasteiger partial charge >= 0.3 is 0 Å². The maximum atomic E-state index is 11.8. The fourth-order valence-corrected chi connectivity index (χ4v) is 3.23. The molecule has 1 aromatic carbocycles. The third-order valence-corrected chi connectivity index (χ3v) is 4.39. The van der Waals surface area contributed by atoms with Crippen LogP contribution < -0.4 is 11.1 Å². The number of nitrogens with one attached hydrogen (secondary N) is 1. The number of anilines is 1. The summed E-state index contributed by atoms with van der Waals surface area (Å²) in [6.07, 6.45) is 4.17. The number of nitrogens with two attached hydrogens (primary N) is 1. The van der Waals surface area contributed by atoms with Crippen LogP contribution in [-0.4, -0.2) is 16.9 Å². The van der Waals surface area contributed by atoms with Gasteiger partial charge in [-0.1, -0.05) is 41.4 Å².